The van der Waals surface area contributed by atoms with Crippen molar-refractivity contribution in [1.29, 1.82) is 0 Å². The summed E-state index contributed by atoms with van der Waals surface area (Å²) in [6, 6.07) is 1.78. The number of aryl methyl sites for hydroxylation is 1. The molecule has 0 saturated carbocycles. The van der Waals surface area contributed by atoms with Crippen LogP contribution >= 0.6 is 11.6 Å². The first-order chi connectivity index (χ1) is 6.22. The lowest BCUT2D eigenvalue weighted by molar-refractivity contribution is 0.806. The van der Waals surface area contributed by atoms with Crippen LogP contribution in [0.4, 0.5) is 0 Å². The summed E-state index contributed by atoms with van der Waals surface area (Å²) >= 11 is 5.78. The molecule has 0 radical (unpaired) electrons. The molecule has 2 aromatic heterocycles. The maximum Gasteiger partial charge on any atom is 0.159 e. The van der Waals surface area contributed by atoms with Gasteiger partial charge < -0.3 is 10.3 Å². The summed E-state index contributed by atoms with van der Waals surface area (Å²) in [6.07, 6.45) is 1.60. The molecule has 0 amide bonds. The van der Waals surface area contributed by atoms with Crippen molar-refractivity contribution in [3.05, 3.63) is 23.1 Å². The third-order valence-electron chi connectivity index (χ3n) is 1.95. The Labute approximate surface area is 80.3 Å². The van der Waals surface area contributed by atoms with Crippen LogP contribution in [-0.4, -0.2) is 14.5 Å². The maximum absolute atomic E-state index is 5.78. The summed E-state index contributed by atoms with van der Waals surface area (Å²) in [5.41, 5.74) is 7.11. The van der Waals surface area contributed by atoms with Gasteiger partial charge in [-0.05, 0) is 6.07 Å². The predicted octanol–water partition coefficient (Wildman–Crippen LogP) is 1.08. The number of pyridine rings is 1. The van der Waals surface area contributed by atoms with Gasteiger partial charge in [-0.15, -0.1) is 0 Å². The van der Waals surface area contributed by atoms with Crippen molar-refractivity contribution < 1.29 is 0 Å². The quantitative estimate of drug-likeness (QED) is 0.743. The van der Waals surface area contributed by atoms with Gasteiger partial charge in [0.05, 0.1) is 11.6 Å². The summed E-state index contributed by atoms with van der Waals surface area (Å²) in [5, 5.41) is 0.592. The normalized spacial score (nSPS) is 11.0. The van der Waals surface area contributed by atoms with Gasteiger partial charge in [0.1, 0.15) is 11.3 Å². The van der Waals surface area contributed by atoms with E-state index >= 15 is 0 Å². The van der Waals surface area contributed by atoms with Crippen LogP contribution < -0.4 is 5.73 Å². The average molecular weight is 197 g/mol. The van der Waals surface area contributed by atoms with Crippen LogP contribution in [0.5, 0.6) is 0 Å². The fourth-order valence-corrected chi connectivity index (χ4v) is 1.43. The van der Waals surface area contributed by atoms with Crippen LogP contribution in [0.1, 0.15) is 5.82 Å². The number of rotatable bonds is 1. The lowest BCUT2D eigenvalue weighted by Crippen LogP contribution is -2.04. The minimum atomic E-state index is 0.407. The number of nitrogens with two attached hydrogens (primary N) is 1. The van der Waals surface area contributed by atoms with Gasteiger partial charge in [0.25, 0.3) is 0 Å². The molecule has 0 aliphatic rings. The smallest absolute Gasteiger partial charge is 0.159 e. The molecule has 0 saturated heterocycles. The van der Waals surface area contributed by atoms with Crippen molar-refractivity contribution >= 4 is 22.8 Å². The second kappa shape index (κ2) is 2.97. The Morgan fingerprint density at radius 2 is 2.38 bits per heavy atom. The Kier molecular flexibility index (Phi) is 1.94. The molecule has 0 spiro atoms. The second-order valence-corrected chi connectivity index (χ2v) is 3.22. The monoisotopic (exact) mass is 196 g/mol. The van der Waals surface area contributed by atoms with Gasteiger partial charge in [-0.3, -0.25) is 0 Å². The SMILES string of the molecule is Cn1c(CN)nc2cc(Cl)cnc21. The van der Waals surface area contributed by atoms with E-state index < -0.39 is 0 Å². The molecule has 0 aromatic carbocycles. The van der Waals surface area contributed by atoms with Gasteiger partial charge in [-0.1, -0.05) is 11.6 Å². The Hall–Kier alpha value is -1.13. The Balaban J connectivity index is 2.76. The van der Waals surface area contributed by atoms with E-state index in [1.807, 2.05) is 11.6 Å². The average Bonchev–Trinajstić information content (AvgIpc) is 2.42. The molecule has 2 aromatic rings. The van der Waals surface area contributed by atoms with Gasteiger partial charge >= 0.3 is 0 Å². The van der Waals surface area contributed by atoms with E-state index in [4.69, 9.17) is 17.3 Å². The van der Waals surface area contributed by atoms with E-state index in [1.165, 1.54) is 0 Å². The van der Waals surface area contributed by atoms with Crippen molar-refractivity contribution in [2.75, 3.05) is 0 Å². The molecule has 0 unspecified atom stereocenters. The summed E-state index contributed by atoms with van der Waals surface area (Å²) in [7, 11) is 1.89. The Bertz CT molecular complexity index is 449. The summed E-state index contributed by atoms with van der Waals surface area (Å²) < 4.78 is 1.87. The molecule has 0 fully saturated rings. The Morgan fingerprint density at radius 1 is 1.62 bits per heavy atom. The van der Waals surface area contributed by atoms with Crippen LogP contribution in [-0.2, 0) is 13.6 Å². The summed E-state index contributed by atoms with van der Waals surface area (Å²) in [6.45, 7) is 0.407. The number of fused-ring (bicyclic) bond motifs is 1. The molecule has 4 nitrogen and oxygen atoms in total. The number of imidazole rings is 1. The van der Waals surface area contributed by atoms with Crippen LogP contribution in [0.3, 0.4) is 0 Å². The van der Waals surface area contributed by atoms with Gasteiger partial charge in [-0.2, -0.15) is 0 Å². The molecule has 2 N–H and O–H groups in total. The first kappa shape index (κ1) is 8.47. The number of hydrogen-bond donors (Lipinski definition) is 1. The van der Waals surface area contributed by atoms with E-state index in [0.29, 0.717) is 11.6 Å². The molecule has 5 heteroatoms. The largest absolute Gasteiger partial charge is 0.324 e. The fraction of sp³-hybridized carbons (Fsp3) is 0.250. The van der Waals surface area contributed by atoms with E-state index in [2.05, 4.69) is 9.97 Å². The van der Waals surface area contributed by atoms with E-state index in [0.717, 1.165) is 17.0 Å². The van der Waals surface area contributed by atoms with Crippen LogP contribution in [0, 0.1) is 0 Å². The zero-order valence-electron chi connectivity index (χ0n) is 7.16. The standard InChI is InChI=1S/C8H9ClN4/c1-13-7(3-10)12-6-2-5(9)4-11-8(6)13/h2,4H,3,10H2,1H3. The van der Waals surface area contributed by atoms with Crippen molar-refractivity contribution in [2.24, 2.45) is 12.8 Å². The van der Waals surface area contributed by atoms with E-state index in [-0.39, 0.29) is 0 Å². The molecular formula is C8H9ClN4. The number of nitrogens with zero attached hydrogens (tertiary/aromatic N) is 3. The Morgan fingerprint density at radius 3 is 3.08 bits per heavy atom. The highest BCUT2D eigenvalue weighted by atomic mass is 35.5. The van der Waals surface area contributed by atoms with Crippen LogP contribution in [0.2, 0.25) is 5.02 Å². The molecule has 0 atom stereocenters. The topological polar surface area (TPSA) is 56.7 Å². The molecule has 2 heterocycles. The highest BCUT2D eigenvalue weighted by Gasteiger charge is 2.06. The predicted molar refractivity (Wildman–Crippen MR) is 51.4 cm³/mol. The molecule has 13 heavy (non-hydrogen) atoms. The van der Waals surface area contributed by atoms with E-state index in [1.54, 1.807) is 12.3 Å². The molecule has 0 bridgehead atoms. The lowest BCUT2D eigenvalue weighted by Gasteiger charge is -1.96. The zero-order chi connectivity index (χ0) is 9.42. The zero-order valence-corrected chi connectivity index (χ0v) is 7.91. The second-order valence-electron chi connectivity index (χ2n) is 2.79. The highest BCUT2D eigenvalue weighted by Crippen LogP contribution is 2.16. The summed E-state index contributed by atoms with van der Waals surface area (Å²) in [5.74, 6) is 0.810. The van der Waals surface area contributed by atoms with Gasteiger partial charge in [0, 0.05) is 13.2 Å². The molecule has 0 aliphatic carbocycles. The fourth-order valence-electron chi connectivity index (χ4n) is 1.28. The maximum atomic E-state index is 5.78. The van der Waals surface area contributed by atoms with Crippen LogP contribution in [0.25, 0.3) is 11.2 Å². The molecule has 68 valence electrons. The molecule has 0 aliphatic heterocycles. The first-order valence-electron chi connectivity index (χ1n) is 3.89. The molecular weight excluding hydrogens is 188 g/mol. The third kappa shape index (κ3) is 1.28. The summed E-state index contributed by atoms with van der Waals surface area (Å²) in [4.78, 5) is 8.44. The number of halogens is 1. The molecule has 2 rings (SSSR count). The van der Waals surface area contributed by atoms with Gasteiger partial charge in [0.15, 0.2) is 5.65 Å². The highest BCUT2D eigenvalue weighted by molar-refractivity contribution is 6.31. The van der Waals surface area contributed by atoms with Crippen LogP contribution in [0.15, 0.2) is 12.3 Å². The van der Waals surface area contributed by atoms with Gasteiger partial charge in [0.2, 0.25) is 0 Å². The third-order valence-corrected chi connectivity index (χ3v) is 2.16. The van der Waals surface area contributed by atoms with Crippen molar-refractivity contribution in [3.63, 3.8) is 0 Å². The minimum absolute atomic E-state index is 0.407. The number of aromatic nitrogens is 3. The van der Waals surface area contributed by atoms with Crippen molar-refractivity contribution in [2.45, 2.75) is 6.54 Å². The first-order valence-corrected chi connectivity index (χ1v) is 4.27. The van der Waals surface area contributed by atoms with E-state index in [9.17, 15) is 0 Å². The lowest BCUT2D eigenvalue weighted by atomic mass is 10.4. The number of hydrogen-bond acceptors (Lipinski definition) is 3. The van der Waals surface area contributed by atoms with Crippen molar-refractivity contribution in [1.82, 2.24) is 14.5 Å². The minimum Gasteiger partial charge on any atom is -0.324 e. The van der Waals surface area contributed by atoms with Crippen molar-refractivity contribution in [3.8, 4) is 0 Å². The van der Waals surface area contributed by atoms with Gasteiger partial charge in [-0.25, -0.2) is 9.97 Å².